The molecule has 3 rings (SSSR count). The number of amides is 1. The molecule has 0 radical (unpaired) electrons. The summed E-state index contributed by atoms with van der Waals surface area (Å²) in [5.74, 6) is 0.732. The smallest absolute Gasteiger partial charge is 0.224 e. The molecule has 6 nitrogen and oxygen atoms in total. The topological polar surface area (TPSA) is 75.7 Å². The Balaban J connectivity index is 1.96. The number of benzene rings is 2. The minimum atomic E-state index is -3.22. The van der Waals surface area contributed by atoms with Crippen LogP contribution in [-0.2, 0) is 14.6 Å². The highest BCUT2D eigenvalue weighted by Crippen LogP contribution is 2.40. The molecule has 1 aliphatic heterocycles. The van der Waals surface area contributed by atoms with E-state index in [9.17, 15) is 13.2 Å². The van der Waals surface area contributed by atoms with Crippen LogP contribution in [0.1, 0.15) is 31.9 Å². The summed E-state index contributed by atoms with van der Waals surface area (Å²) < 4.78 is 28.6. The molecule has 2 atom stereocenters. The molecule has 7 heteroatoms. The van der Waals surface area contributed by atoms with E-state index in [4.69, 9.17) is 4.74 Å². The number of sulfone groups is 1. The summed E-state index contributed by atoms with van der Waals surface area (Å²) in [5.41, 5.74) is 2.67. The van der Waals surface area contributed by atoms with Gasteiger partial charge in [0.05, 0.1) is 18.0 Å². The van der Waals surface area contributed by atoms with Crippen LogP contribution in [0.15, 0.2) is 47.4 Å². The van der Waals surface area contributed by atoms with Gasteiger partial charge in [0.15, 0.2) is 9.84 Å². The highest BCUT2D eigenvalue weighted by molar-refractivity contribution is 7.90. The standard InChI is InChI=1S/C20H24N2O4S/c1-13-11-19(21-15-5-8-17(9-6-15)27(4,24)25)18-12-16(26-3)7-10-20(18)22(13)14(2)23/h5-10,12-13,19,21H,11H2,1-4H3/t13-,19+/m1/s1. The van der Waals surface area contributed by atoms with Crippen molar-refractivity contribution in [2.75, 3.05) is 23.6 Å². The van der Waals surface area contributed by atoms with Gasteiger partial charge in [0.2, 0.25) is 5.91 Å². The zero-order valence-corrected chi connectivity index (χ0v) is 16.7. The van der Waals surface area contributed by atoms with Crippen molar-refractivity contribution in [3.63, 3.8) is 0 Å². The van der Waals surface area contributed by atoms with Crippen LogP contribution in [-0.4, -0.2) is 33.7 Å². The lowest BCUT2D eigenvalue weighted by atomic mass is 9.91. The van der Waals surface area contributed by atoms with Gasteiger partial charge in [-0.15, -0.1) is 0 Å². The fraction of sp³-hybridized carbons (Fsp3) is 0.350. The number of rotatable bonds is 4. The normalized spacial score (nSPS) is 19.3. The maximum Gasteiger partial charge on any atom is 0.224 e. The fourth-order valence-corrected chi connectivity index (χ4v) is 4.22. The third-order valence-electron chi connectivity index (χ3n) is 4.85. The number of ether oxygens (including phenoxy) is 1. The second-order valence-electron chi connectivity index (χ2n) is 6.89. The summed E-state index contributed by atoms with van der Waals surface area (Å²) >= 11 is 0. The van der Waals surface area contributed by atoms with Gasteiger partial charge in [0, 0.05) is 36.2 Å². The SMILES string of the molecule is COc1ccc2c(c1)[C@@H](Nc1ccc(S(C)(=O)=O)cc1)C[C@@H](C)N2C(C)=O. The summed E-state index contributed by atoms with van der Waals surface area (Å²) in [5, 5.41) is 3.47. The van der Waals surface area contributed by atoms with E-state index in [1.54, 1.807) is 43.2 Å². The van der Waals surface area contributed by atoms with Gasteiger partial charge in [-0.25, -0.2) is 8.42 Å². The van der Waals surface area contributed by atoms with E-state index in [1.165, 1.54) is 6.26 Å². The Hall–Kier alpha value is -2.54. The molecule has 0 fully saturated rings. The van der Waals surface area contributed by atoms with E-state index in [0.29, 0.717) is 0 Å². The van der Waals surface area contributed by atoms with Gasteiger partial charge in [0.1, 0.15) is 5.75 Å². The lowest BCUT2D eigenvalue weighted by Gasteiger charge is -2.39. The number of fused-ring (bicyclic) bond motifs is 1. The molecular formula is C20H24N2O4S. The number of anilines is 2. The number of hydrogen-bond donors (Lipinski definition) is 1. The van der Waals surface area contributed by atoms with Crippen LogP contribution >= 0.6 is 0 Å². The van der Waals surface area contributed by atoms with Crippen molar-refractivity contribution in [3.8, 4) is 5.75 Å². The Morgan fingerprint density at radius 2 is 1.85 bits per heavy atom. The predicted molar refractivity (Wildman–Crippen MR) is 106 cm³/mol. The van der Waals surface area contributed by atoms with E-state index in [0.717, 1.165) is 29.1 Å². The first kappa shape index (κ1) is 19.2. The van der Waals surface area contributed by atoms with E-state index >= 15 is 0 Å². The first-order chi connectivity index (χ1) is 12.7. The van der Waals surface area contributed by atoms with Crippen LogP contribution in [0.4, 0.5) is 11.4 Å². The Bertz CT molecular complexity index is 954. The molecule has 2 aromatic rings. The average molecular weight is 388 g/mol. The highest BCUT2D eigenvalue weighted by atomic mass is 32.2. The van der Waals surface area contributed by atoms with E-state index in [-0.39, 0.29) is 22.9 Å². The summed E-state index contributed by atoms with van der Waals surface area (Å²) in [6.07, 6.45) is 1.92. The molecule has 0 aliphatic carbocycles. The predicted octanol–water partition coefficient (Wildman–Crippen LogP) is 3.40. The van der Waals surface area contributed by atoms with Crippen molar-refractivity contribution in [1.29, 1.82) is 0 Å². The Morgan fingerprint density at radius 1 is 1.19 bits per heavy atom. The number of hydrogen-bond acceptors (Lipinski definition) is 5. The van der Waals surface area contributed by atoms with Gasteiger partial charge in [0.25, 0.3) is 0 Å². The summed E-state index contributed by atoms with van der Waals surface area (Å²) in [7, 11) is -1.61. The number of carbonyl (C=O) groups excluding carboxylic acids is 1. The molecule has 1 amide bonds. The number of nitrogens with zero attached hydrogens (tertiary/aromatic N) is 1. The molecule has 0 saturated heterocycles. The number of carbonyl (C=O) groups is 1. The Kier molecular flexibility index (Phi) is 5.15. The van der Waals surface area contributed by atoms with Crippen LogP contribution < -0.4 is 15.0 Å². The molecule has 1 heterocycles. The lowest BCUT2D eigenvalue weighted by molar-refractivity contribution is -0.117. The monoisotopic (exact) mass is 388 g/mol. The molecule has 144 valence electrons. The molecule has 2 aromatic carbocycles. The molecular weight excluding hydrogens is 364 g/mol. The molecule has 0 aromatic heterocycles. The van der Waals surface area contributed by atoms with Crippen molar-refractivity contribution in [1.82, 2.24) is 0 Å². The van der Waals surface area contributed by atoms with E-state index in [1.807, 2.05) is 25.1 Å². The molecule has 1 N–H and O–H groups in total. The van der Waals surface area contributed by atoms with Crippen LogP contribution in [0.3, 0.4) is 0 Å². The van der Waals surface area contributed by atoms with Gasteiger partial charge in [-0.2, -0.15) is 0 Å². The Morgan fingerprint density at radius 3 is 2.41 bits per heavy atom. The molecule has 0 bridgehead atoms. The van der Waals surface area contributed by atoms with Gasteiger partial charge in [-0.3, -0.25) is 4.79 Å². The van der Waals surface area contributed by atoms with Crippen molar-refractivity contribution >= 4 is 27.1 Å². The zero-order valence-electron chi connectivity index (χ0n) is 15.9. The van der Waals surface area contributed by atoms with Gasteiger partial charge in [-0.05, 0) is 55.8 Å². The molecule has 27 heavy (non-hydrogen) atoms. The first-order valence-corrected chi connectivity index (χ1v) is 10.6. The van der Waals surface area contributed by atoms with Gasteiger partial charge >= 0.3 is 0 Å². The lowest BCUT2D eigenvalue weighted by Crippen LogP contribution is -2.43. The molecule has 0 saturated carbocycles. The Labute approximate surface area is 160 Å². The first-order valence-electron chi connectivity index (χ1n) is 8.75. The quantitative estimate of drug-likeness (QED) is 0.869. The minimum Gasteiger partial charge on any atom is -0.497 e. The number of methoxy groups -OCH3 is 1. The van der Waals surface area contributed by atoms with Crippen molar-refractivity contribution < 1.29 is 17.9 Å². The molecule has 1 aliphatic rings. The van der Waals surface area contributed by atoms with Crippen LogP contribution in [0.25, 0.3) is 0 Å². The second kappa shape index (κ2) is 7.23. The number of nitrogens with one attached hydrogen (secondary N) is 1. The highest BCUT2D eigenvalue weighted by Gasteiger charge is 2.32. The zero-order chi connectivity index (χ0) is 19.8. The molecule has 0 spiro atoms. The van der Waals surface area contributed by atoms with Crippen molar-refractivity contribution in [2.24, 2.45) is 0 Å². The molecule has 0 unspecified atom stereocenters. The summed E-state index contributed by atoms with van der Waals surface area (Å²) in [6.45, 7) is 3.60. The van der Waals surface area contributed by atoms with Crippen molar-refractivity contribution in [3.05, 3.63) is 48.0 Å². The maximum absolute atomic E-state index is 12.1. The van der Waals surface area contributed by atoms with Crippen LogP contribution in [0.2, 0.25) is 0 Å². The van der Waals surface area contributed by atoms with Crippen LogP contribution in [0.5, 0.6) is 5.75 Å². The average Bonchev–Trinajstić information content (AvgIpc) is 2.60. The van der Waals surface area contributed by atoms with E-state index < -0.39 is 9.84 Å². The van der Waals surface area contributed by atoms with Gasteiger partial charge < -0.3 is 15.0 Å². The minimum absolute atomic E-state index is 0.00451. The summed E-state index contributed by atoms with van der Waals surface area (Å²) in [4.78, 5) is 14.2. The second-order valence-corrected chi connectivity index (χ2v) is 8.91. The third-order valence-corrected chi connectivity index (χ3v) is 5.98. The maximum atomic E-state index is 12.1. The third kappa shape index (κ3) is 3.93. The summed E-state index contributed by atoms with van der Waals surface area (Å²) in [6, 6.07) is 12.4. The largest absolute Gasteiger partial charge is 0.497 e. The van der Waals surface area contributed by atoms with Crippen LogP contribution in [0, 0.1) is 0 Å². The fourth-order valence-electron chi connectivity index (χ4n) is 3.59. The van der Waals surface area contributed by atoms with E-state index in [2.05, 4.69) is 5.32 Å². The van der Waals surface area contributed by atoms with Gasteiger partial charge in [-0.1, -0.05) is 0 Å². The van der Waals surface area contributed by atoms with Crippen molar-refractivity contribution in [2.45, 2.75) is 37.2 Å².